The molecular weight excluding hydrogens is 326 g/mol. The van der Waals surface area contributed by atoms with E-state index in [9.17, 15) is 4.79 Å². The number of carbonyl (C=O) groups is 1. The first-order chi connectivity index (χ1) is 12.5. The van der Waals surface area contributed by atoms with Gasteiger partial charge in [0.2, 0.25) is 0 Å². The van der Waals surface area contributed by atoms with E-state index >= 15 is 0 Å². The van der Waals surface area contributed by atoms with Crippen LogP contribution in [-0.2, 0) is 6.42 Å². The average Bonchev–Trinajstić information content (AvgIpc) is 3.24. The second-order valence-electron chi connectivity index (χ2n) is 7.99. The van der Waals surface area contributed by atoms with Crippen molar-refractivity contribution in [3.8, 4) is 5.69 Å². The van der Waals surface area contributed by atoms with Crippen LogP contribution in [0.2, 0.25) is 0 Å². The number of amides is 1. The van der Waals surface area contributed by atoms with E-state index in [0.717, 1.165) is 37.4 Å². The Balaban J connectivity index is 1.58. The highest BCUT2D eigenvalue weighted by Gasteiger charge is 2.34. The van der Waals surface area contributed by atoms with Crippen LogP contribution in [-0.4, -0.2) is 17.4 Å². The minimum absolute atomic E-state index is 0.00884. The number of nitrogens with zero attached hydrogens (tertiary/aromatic N) is 2. The van der Waals surface area contributed by atoms with E-state index in [1.807, 2.05) is 24.3 Å². The van der Waals surface area contributed by atoms with Gasteiger partial charge >= 0.3 is 12.2 Å². The van der Waals surface area contributed by atoms with Crippen LogP contribution < -0.4 is 10.1 Å². The molecule has 5 heteroatoms. The van der Waals surface area contributed by atoms with Gasteiger partial charge in [-0.2, -0.15) is 0 Å². The molecule has 26 heavy (non-hydrogen) atoms. The molecule has 1 aromatic heterocycles. The summed E-state index contributed by atoms with van der Waals surface area (Å²) in [6.45, 7) is 7.50. The number of carbonyl (C=O) groups excluding carboxylic acids is 1. The van der Waals surface area contributed by atoms with E-state index in [2.05, 4.69) is 31.1 Å². The molecule has 1 atom stereocenters. The Morgan fingerprint density at radius 1 is 1.35 bits per heavy atom. The molecule has 5 nitrogen and oxygen atoms in total. The molecule has 1 aliphatic carbocycles. The molecule has 0 spiro atoms. The van der Waals surface area contributed by atoms with Gasteiger partial charge in [-0.25, -0.2) is 0 Å². The molecule has 0 radical (unpaired) electrons. The fourth-order valence-electron chi connectivity index (χ4n) is 3.69. The average molecular weight is 356 g/mol. The highest BCUT2D eigenvalue weighted by molar-refractivity contribution is 5.94. The minimum Gasteiger partial charge on any atom is -0.352 e. The predicted octanol–water partition coefficient (Wildman–Crippen LogP) is 3.85. The molecule has 1 unspecified atom stereocenters. The quantitative estimate of drug-likeness (QED) is 0.767. The molecule has 1 aliphatic rings. The molecule has 1 heterocycles. The van der Waals surface area contributed by atoms with Gasteiger partial charge in [-0.15, -0.1) is 0 Å². The Kier molecular flexibility index (Phi) is 5.74. The fourth-order valence-corrected chi connectivity index (χ4v) is 3.69. The lowest BCUT2D eigenvalue weighted by Crippen LogP contribution is -2.33. The van der Waals surface area contributed by atoms with Crippen LogP contribution >= 0.6 is 0 Å². The lowest BCUT2D eigenvalue weighted by molar-refractivity contribution is -0.786. The summed E-state index contributed by atoms with van der Waals surface area (Å²) < 4.78 is 7.36. The number of hydrogen-bond donors (Lipinski definition) is 1. The SMILES string of the molecule is CCCCc1nc[n+](-c2ccc(C(=O)NCC3CCCC3(C)C)cc2)o1. The molecule has 1 aromatic carbocycles. The number of benzene rings is 1. The normalized spacial score (nSPS) is 18.8. The molecule has 0 saturated heterocycles. The van der Waals surface area contributed by atoms with E-state index in [1.54, 1.807) is 11.1 Å². The van der Waals surface area contributed by atoms with E-state index in [4.69, 9.17) is 4.52 Å². The van der Waals surface area contributed by atoms with Crippen molar-refractivity contribution in [2.45, 2.75) is 59.3 Å². The molecule has 3 rings (SSSR count). The third kappa shape index (κ3) is 4.32. The zero-order valence-electron chi connectivity index (χ0n) is 16.1. The third-order valence-electron chi connectivity index (χ3n) is 5.63. The molecule has 140 valence electrons. The highest BCUT2D eigenvalue weighted by atomic mass is 16.5. The van der Waals surface area contributed by atoms with Gasteiger partial charge in [0, 0.05) is 12.1 Å². The van der Waals surface area contributed by atoms with E-state index in [-0.39, 0.29) is 5.91 Å². The largest absolute Gasteiger partial charge is 0.353 e. The van der Waals surface area contributed by atoms with Crippen LogP contribution in [0, 0.1) is 11.3 Å². The summed E-state index contributed by atoms with van der Waals surface area (Å²) in [5.41, 5.74) is 1.87. The number of hydrogen-bond acceptors (Lipinski definition) is 3. The maximum atomic E-state index is 12.4. The number of rotatable bonds is 7. The third-order valence-corrected chi connectivity index (χ3v) is 5.63. The first-order valence-electron chi connectivity index (χ1n) is 9.75. The lowest BCUT2D eigenvalue weighted by atomic mass is 9.82. The minimum atomic E-state index is -0.00884. The van der Waals surface area contributed by atoms with Crippen molar-refractivity contribution in [3.05, 3.63) is 42.0 Å². The van der Waals surface area contributed by atoms with Crippen molar-refractivity contribution in [1.29, 1.82) is 0 Å². The van der Waals surface area contributed by atoms with Crippen LogP contribution in [0.3, 0.4) is 0 Å². The Hall–Kier alpha value is -2.17. The molecule has 2 aromatic rings. The van der Waals surface area contributed by atoms with Gasteiger partial charge in [0.05, 0.1) is 6.42 Å². The van der Waals surface area contributed by atoms with Crippen molar-refractivity contribution >= 4 is 5.91 Å². The molecule has 0 aliphatic heterocycles. The molecule has 1 fully saturated rings. The number of aryl methyl sites for hydroxylation is 1. The molecule has 1 saturated carbocycles. The van der Waals surface area contributed by atoms with Crippen LogP contribution in [0.15, 0.2) is 35.1 Å². The second-order valence-corrected chi connectivity index (χ2v) is 7.99. The zero-order valence-corrected chi connectivity index (χ0v) is 16.1. The van der Waals surface area contributed by atoms with Gasteiger partial charge in [0.15, 0.2) is 5.69 Å². The summed E-state index contributed by atoms with van der Waals surface area (Å²) in [5, 5.41) is 3.10. The first kappa shape index (κ1) is 18.6. The maximum absolute atomic E-state index is 12.4. The lowest BCUT2D eigenvalue weighted by Gasteiger charge is -2.27. The van der Waals surface area contributed by atoms with Crippen LogP contribution in [0.1, 0.15) is 69.1 Å². The molecular formula is C21H30N3O2+. The van der Waals surface area contributed by atoms with Gasteiger partial charge < -0.3 is 5.32 Å². The van der Waals surface area contributed by atoms with Crippen LogP contribution in [0.5, 0.6) is 0 Å². The summed E-state index contributed by atoms with van der Waals surface area (Å²) in [6, 6.07) is 7.46. The summed E-state index contributed by atoms with van der Waals surface area (Å²) in [6.07, 6.45) is 8.42. The van der Waals surface area contributed by atoms with Crippen molar-refractivity contribution in [1.82, 2.24) is 10.3 Å². The van der Waals surface area contributed by atoms with Gasteiger partial charge in [0.25, 0.3) is 5.91 Å². The Morgan fingerprint density at radius 3 is 2.77 bits per heavy atom. The zero-order chi connectivity index (χ0) is 18.6. The predicted molar refractivity (Wildman–Crippen MR) is 100 cm³/mol. The van der Waals surface area contributed by atoms with Gasteiger partial charge in [-0.1, -0.05) is 33.6 Å². The number of aromatic nitrogens is 2. The Bertz CT molecular complexity index is 734. The van der Waals surface area contributed by atoms with Crippen molar-refractivity contribution < 1.29 is 14.1 Å². The van der Waals surface area contributed by atoms with Crippen LogP contribution in [0.4, 0.5) is 0 Å². The standard InChI is InChI=1S/C21H29N3O2/c1-4-5-8-19-23-15-24(26-19)18-11-9-16(10-12-18)20(25)22-14-17-7-6-13-21(17,2)3/h9-12,15,17H,4-8,13-14H2,1-3H3/p+1. The van der Waals surface area contributed by atoms with E-state index < -0.39 is 0 Å². The summed E-state index contributed by atoms with van der Waals surface area (Å²) in [4.78, 5) is 16.7. The maximum Gasteiger partial charge on any atom is 0.353 e. The molecule has 1 N–H and O–H groups in total. The highest BCUT2D eigenvalue weighted by Crippen LogP contribution is 2.42. The summed E-state index contributed by atoms with van der Waals surface area (Å²) >= 11 is 0. The topological polar surface area (TPSA) is 59.0 Å². The van der Waals surface area contributed by atoms with Crippen molar-refractivity contribution in [3.63, 3.8) is 0 Å². The van der Waals surface area contributed by atoms with Crippen molar-refractivity contribution in [2.24, 2.45) is 11.3 Å². The van der Waals surface area contributed by atoms with E-state index in [1.165, 1.54) is 19.3 Å². The summed E-state index contributed by atoms with van der Waals surface area (Å²) in [5.74, 6) is 1.30. The van der Waals surface area contributed by atoms with Crippen LogP contribution in [0.25, 0.3) is 5.69 Å². The Morgan fingerprint density at radius 2 is 2.12 bits per heavy atom. The Labute approximate surface area is 155 Å². The van der Waals surface area contributed by atoms with Crippen molar-refractivity contribution in [2.75, 3.05) is 6.54 Å². The number of nitrogens with one attached hydrogen (secondary N) is 1. The molecule has 1 amide bonds. The smallest absolute Gasteiger partial charge is 0.352 e. The van der Waals surface area contributed by atoms with E-state index in [0.29, 0.717) is 16.9 Å². The monoisotopic (exact) mass is 356 g/mol. The second kappa shape index (κ2) is 8.02. The fraction of sp³-hybridized carbons (Fsp3) is 0.571. The first-order valence-corrected chi connectivity index (χ1v) is 9.75. The van der Waals surface area contributed by atoms with Gasteiger partial charge in [-0.05, 0) is 64.6 Å². The molecule has 0 bridgehead atoms. The van der Waals surface area contributed by atoms with Gasteiger partial charge in [0.1, 0.15) is 0 Å². The summed E-state index contributed by atoms with van der Waals surface area (Å²) in [7, 11) is 0. The number of unbranched alkanes of at least 4 members (excludes halogenated alkanes) is 1. The van der Waals surface area contributed by atoms with Gasteiger partial charge in [-0.3, -0.25) is 9.32 Å².